The second-order valence-electron chi connectivity index (χ2n) is 2.54. The number of hydrogen-bond acceptors (Lipinski definition) is 3. The van der Waals surface area contributed by atoms with Crippen LogP contribution < -0.4 is 5.32 Å². The molecule has 0 unspecified atom stereocenters. The summed E-state index contributed by atoms with van der Waals surface area (Å²) >= 11 is 0. The summed E-state index contributed by atoms with van der Waals surface area (Å²) in [6.45, 7) is 0.207. The fourth-order valence-electron chi connectivity index (χ4n) is 0.994. The molecule has 0 atom stereocenters. The Balaban J connectivity index is 2.78. The minimum atomic E-state index is -1.12. The first kappa shape index (κ1) is 9.95. The lowest BCUT2D eigenvalue weighted by atomic mass is 10.2. The third kappa shape index (κ3) is 3.08. The Morgan fingerprint density at radius 2 is 2.36 bits per heavy atom. The van der Waals surface area contributed by atoms with E-state index >= 15 is 0 Å². The number of isocyanates is 1. The number of hydrogen-bond donors (Lipinski definition) is 2. The predicted molar refractivity (Wildman–Crippen MR) is 49.9 cm³/mol. The first-order valence-electron chi connectivity index (χ1n) is 3.85. The molecule has 1 rings (SSSR count). The smallest absolute Gasteiger partial charge is 0.409 e. The van der Waals surface area contributed by atoms with Gasteiger partial charge in [0.05, 0.1) is 6.54 Å². The van der Waals surface area contributed by atoms with Gasteiger partial charge in [0.2, 0.25) is 6.08 Å². The van der Waals surface area contributed by atoms with Crippen LogP contribution in [0.25, 0.3) is 0 Å². The van der Waals surface area contributed by atoms with E-state index in [1.807, 2.05) is 0 Å². The van der Waals surface area contributed by atoms with Crippen LogP contribution in [-0.2, 0) is 11.3 Å². The fourth-order valence-corrected chi connectivity index (χ4v) is 0.994. The number of amides is 1. The second kappa shape index (κ2) is 4.79. The van der Waals surface area contributed by atoms with Crippen molar-refractivity contribution >= 4 is 17.9 Å². The summed E-state index contributed by atoms with van der Waals surface area (Å²) in [6, 6.07) is 6.64. The van der Waals surface area contributed by atoms with E-state index in [2.05, 4.69) is 10.3 Å². The number of nitrogens with one attached hydrogen (secondary N) is 1. The maximum Gasteiger partial charge on any atom is 0.409 e. The Labute approximate surface area is 80.1 Å². The molecule has 0 aromatic heterocycles. The van der Waals surface area contributed by atoms with E-state index in [1.165, 1.54) is 6.08 Å². The zero-order valence-electron chi connectivity index (χ0n) is 7.23. The zero-order chi connectivity index (χ0) is 10.4. The quantitative estimate of drug-likeness (QED) is 0.564. The Kier molecular flexibility index (Phi) is 3.41. The summed E-state index contributed by atoms with van der Waals surface area (Å²) < 4.78 is 0. The van der Waals surface area contributed by atoms with Crippen LogP contribution in [0.15, 0.2) is 29.3 Å². The minimum absolute atomic E-state index is 0.207. The summed E-state index contributed by atoms with van der Waals surface area (Å²) in [5, 5.41) is 10.6. The Morgan fingerprint density at radius 3 is 3.00 bits per heavy atom. The summed E-state index contributed by atoms with van der Waals surface area (Å²) in [4.78, 5) is 23.5. The second-order valence-corrected chi connectivity index (χ2v) is 2.54. The van der Waals surface area contributed by atoms with Crippen LogP contribution >= 0.6 is 0 Å². The van der Waals surface area contributed by atoms with Gasteiger partial charge in [-0.05, 0) is 17.7 Å². The van der Waals surface area contributed by atoms with E-state index in [0.717, 1.165) is 5.56 Å². The first-order chi connectivity index (χ1) is 6.72. The highest BCUT2D eigenvalue weighted by atomic mass is 16.4. The number of carbonyl (C=O) groups is 1. The van der Waals surface area contributed by atoms with Gasteiger partial charge in [0.15, 0.2) is 0 Å². The summed E-state index contributed by atoms with van der Waals surface area (Å²) in [5.74, 6) is 0. The van der Waals surface area contributed by atoms with Crippen LogP contribution in [0.3, 0.4) is 0 Å². The first-order valence-corrected chi connectivity index (χ1v) is 3.85. The van der Waals surface area contributed by atoms with E-state index in [9.17, 15) is 9.59 Å². The van der Waals surface area contributed by atoms with Gasteiger partial charge in [0.25, 0.3) is 0 Å². The average molecular weight is 192 g/mol. The molecule has 0 radical (unpaired) electrons. The van der Waals surface area contributed by atoms with Crippen molar-refractivity contribution in [3.05, 3.63) is 29.8 Å². The van der Waals surface area contributed by atoms with Gasteiger partial charge >= 0.3 is 6.09 Å². The van der Waals surface area contributed by atoms with Crippen molar-refractivity contribution in [2.24, 2.45) is 4.99 Å². The van der Waals surface area contributed by atoms with Gasteiger partial charge in [-0.25, -0.2) is 14.6 Å². The van der Waals surface area contributed by atoms with Crippen LogP contribution in [0.1, 0.15) is 5.56 Å². The molecule has 0 saturated carbocycles. The van der Waals surface area contributed by atoms with Gasteiger partial charge in [0, 0.05) is 5.69 Å². The monoisotopic (exact) mass is 192 g/mol. The Bertz CT molecular complexity index is 364. The summed E-state index contributed by atoms with van der Waals surface area (Å²) in [6.07, 6.45) is 0.291. The van der Waals surface area contributed by atoms with Crippen molar-refractivity contribution in [3.63, 3.8) is 0 Å². The minimum Gasteiger partial charge on any atom is -0.465 e. The van der Waals surface area contributed by atoms with E-state index < -0.39 is 6.09 Å². The third-order valence-electron chi connectivity index (χ3n) is 1.50. The highest BCUT2D eigenvalue weighted by Gasteiger charge is 1.98. The van der Waals surface area contributed by atoms with Gasteiger partial charge in [-0.2, -0.15) is 0 Å². The van der Waals surface area contributed by atoms with Gasteiger partial charge < -0.3 is 5.11 Å². The van der Waals surface area contributed by atoms with Crippen molar-refractivity contribution in [1.82, 2.24) is 0 Å². The highest BCUT2D eigenvalue weighted by molar-refractivity contribution is 5.82. The molecular formula is C9H8N2O3. The van der Waals surface area contributed by atoms with Crippen molar-refractivity contribution in [1.29, 1.82) is 0 Å². The van der Waals surface area contributed by atoms with E-state index in [1.54, 1.807) is 24.3 Å². The number of aliphatic imine (C=N–C) groups is 1. The van der Waals surface area contributed by atoms with Crippen molar-refractivity contribution in [2.45, 2.75) is 6.54 Å². The molecule has 5 heteroatoms. The number of nitrogens with zero attached hydrogens (tertiary/aromatic N) is 1. The molecule has 0 bridgehead atoms. The molecule has 0 heterocycles. The van der Waals surface area contributed by atoms with Gasteiger partial charge in [-0.1, -0.05) is 12.1 Å². The normalized spacial score (nSPS) is 8.86. The lowest BCUT2D eigenvalue weighted by Gasteiger charge is -2.01. The van der Waals surface area contributed by atoms with Crippen LogP contribution in [-0.4, -0.2) is 17.3 Å². The molecule has 0 aliphatic carbocycles. The van der Waals surface area contributed by atoms with Crippen LogP contribution in [0.5, 0.6) is 0 Å². The summed E-state index contributed by atoms with van der Waals surface area (Å²) in [5.41, 5.74) is 1.20. The van der Waals surface area contributed by atoms with Gasteiger partial charge in [0.1, 0.15) is 0 Å². The van der Waals surface area contributed by atoms with Crippen LogP contribution in [0.4, 0.5) is 10.5 Å². The van der Waals surface area contributed by atoms with E-state index in [-0.39, 0.29) is 6.54 Å². The molecule has 0 saturated heterocycles. The standard InChI is InChI=1S/C9H8N2O3/c12-6-10-5-7-2-1-3-8(4-7)11-9(13)14/h1-4,11H,5H2,(H,13,14). The predicted octanol–water partition coefficient (Wildman–Crippen LogP) is 1.61. The average Bonchev–Trinajstić information content (AvgIpc) is 2.14. The maximum atomic E-state index is 10.3. The lowest BCUT2D eigenvalue weighted by molar-refractivity contribution is 0.210. The van der Waals surface area contributed by atoms with E-state index in [4.69, 9.17) is 5.11 Å². The van der Waals surface area contributed by atoms with Crippen LogP contribution in [0, 0.1) is 0 Å². The van der Waals surface area contributed by atoms with Gasteiger partial charge in [-0.15, -0.1) is 0 Å². The highest BCUT2D eigenvalue weighted by Crippen LogP contribution is 2.10. The molecule has 0 aliphatic rings. The third-order valence-corrected chi connectivity index (χ3v) is 1.50. The number of carbonyl (C=O) groups excluding carboxylic acids is 1. The van der Waals surface area contributed by atoms with Crippen molar-refractivity contribution in [2.75, 3.05) is 5.32 Å². The number of anilines is 1. The molecule has 1 aromatic carbocycles. The SMILES string of the molecule is O=C=NCc1cccc(NC(=O)O)c1. The molecule has 14 heavy (non-hydrogen) atoms. The lowest BCUT2D eigenvalue weighted by Crippen LogP contribution is -2.07. The molecule has 1 amide bonds. The molecule has 1 aromatic rings. The molecule has 2 N–H and O–H groups in total. The molecule has 72 valence electrons. The fraction of sp³-hybridized carbons (Fsp3) is 0.111. The van der Waals surface area contributed by atoms with Crippen molar-refractivity contribution < 1.29 is 14.7 Å². The molecular weight excluding hydrogens is 184 g/mol. The Morgan fingerprint density at radius 1 is 1.57 bits per heavy atom. The molecule has 0 spiro atoms. The largest absolute Gasteiger partial charge is 0.465 e. The number of carboxylic acid groups (broad SMARTS) is 1. The topological polar surface area (TPSA) is 78.8 Å². The number of benzene rings is 1. The molecule has 0 aliphatic heterocycles. The van der Waals surface area contributed by atoms with E-state index in [0.29, 0.717) is 5.69 Å². The Hall–Kier alpha value is -2.13. The molecule has 5 nitrogen and oxygen atoms in total. The zero-order valence-corrected chi connectivity index (χ0v) is 7.23. The van der Waals surface area contributed by atoms with Crippen molar-refractivity contribution in [3.8, 4) is 0 Å². The number of rotatable bonds is 3. The molecule has 0 fully saturated rings. The van der Waals surface area contributed by atoms with Crippen LogP contribution in [0.2, 0.25) is 0 Å². The summed E-state index contributed by atoms with van der Waals surface area (Å²) in [7, 11) is 0. The maximum absolute atomic E-state index is 10.3. The van der Waals surface area contributed by atoms with Gasteiger partial charge in [-0.3, -0.25) is 5.32 Å².